The Bertz CT molecular complexity index is 577. The maximum absolute atomic E-state index is 5.71. The van der Waals surface area contributed by atoms with Gasteiger partial charge in [-0.25, -0.2) is 4.98 Å². The zero-order chi connectivity index (χ0) is 15.2. The van der Waals surface area contributed by atoms with Gasteiger partial charge >= 0.3 is 0 Å². The lowest BCUT2D eigenvalue weighted by atomic mass is 10.2. The molecule has 114 valence electrons. The van der Waals surface area contributed by atoms with Crippen molar-refractivity contribution < 1.29 is 4.74 Å². The van der Waals surface area contributed by atoms with E-state index in [9.17, 15) is 0 Å². The zero-order valence-electron chi connectivity index (χ0n) is 13.3. The predicted octanol–water partition coefficient (Wildman–Crippen LogP) is 1.96. The van der Waals surface area contributed by atoms with Crippen molar-refractivity contribution >= 4 is 5.95 Å². The van der Waals surface area contributed by atoms with Crippen molar-refractivity contribution in [1.82, 2.24) is 14.9 Å². The number of ether oxygens (including phenoxy) is 1. The first-order valence-corrected chi connectivity index (χ1v) is 7.16. The van der Waals surface area contributed by atoms with Crippen LogP contribution in [0.15, 0.2) is 30.5 Å². The zero-order valence-corrected chi connectivity index (χ0v) is 13.3. The second-order valence-corrected chi connectivity index (χ2v) is 5.34. The average Bonchev–Trinajstić information content (AvgIpc) is 2.80. The number of nitrogens with zero attached hydrogens (tertiary/aromatic N) is 3. The molecule has 1 aromatic carbocycles. The molecule has 1 N–H and O–H groups in total. The molecule has 0 saturated heterocycles. The summed E-state index contributed by atoms with van der Waals surface area (Å²) in [4.78, 5) is 6.39. The lowest BCUT2D eigenvalue weighted by Crippen LogP contribution is -2.22. The van der Waals surface area contributed by atoms with E-state index in [-0.39, 0.29) is 0 Å². The van der Waals surface area contributed by atoms with E-state index < -0.39 is 0 Å². The topological polar surface area (TPSA) is 42.3 Å². The molecule has 2 rings (SSSR count). The first-order chi connectivity index (χ1) is 10.1. The molecule has 0 radical (unpaired) electrons. The van der Waals surface area contributed by atoms with Gasteiger partial charge in [0, 0.05) is 34.2 Å². The van der Waals surface area contributed by atoms with Gasteiger partial charge in [0.25, 0.3) is 0 Å². The Labute approximate surface area is 126 Å². The molecule has 2 aromatic rings. The fourth-order valence-electron chi connectivity index (χ4n) is 2.18. The summed E-state index contributed by atoms with van der Waals surface area (Å²) in [6.45, 7) is 4.31. The highest BCUT2D eigenvalue weighted by Gasteiger charge is 2.07. The third-order valence-electron chi connectivity index (χ3n) is 3.30. The first kappa shape index (κ1) is 15.4. The van der Waals surface area contributed by atoms with Gasteiger partial charge in [0.2, 0.25) is 5.95 Å². The maximum atomic E-state index is 5.71. The molecular weight excluding hydrogens is 264 g/mol. The molecule has 5 nitrogen and oxygen atoms in total. The smallest absolute Gasteiger partial charge is 0.204 e. The molecule has 21 heavy (non-hydrogen) atoms. The van der Waals surface area contributed by atoms with Crippen molar-refractivity contribution in [3.63, 3.8) is 0 Å². The molecule has 0 amide bonds. The van der Waals surface area contributed by atoms with Gasteiger partial charge in [0.15, 0.2) is 0 Å². The van der Waals surface area contributed by atoms with E-state index in [1.807, 2.05) is 50.4 Å². The van der Waals surface area contributed by atoms with Gasteiger partial charge in [0.1, 0.15) is 12.4 Å². The molecule has 1 aromatic heterocycles. The number of anilines is 1. The molecule has 0 aliphatic heterocycles. The van der Waals surface area contributed by atoms with Gasteiger partial charge in [-0.05, 0) is 24.6 Å². The minimum Gasteiger partial charge on any atom is -0.492 e. The molecule has 0 aliphatic rings. The lowest BCUT2D eigenvalue weighted by Gasteiger charge is -2.13. The highest BCUT2D eigenvalue weighted by molar-refractivity contribution is 5.31. The van der Waals surface area contributed by atoms with E-state index >= 15 is 0 Å². The monoisotopic (exact) mass is 288 g/mol. The van der Waals surface area contributed by atoms with Gasteiger partial charge < -0.3 is 19.5 Å². The Kier molecular flexibility index (Phi) is 5.22. The van der Waals surface area contributed by atoms with Crippen LogP contribution in [0.2, 0.25) is 0 Å². The normalized spacial score (nSPS) is 10.7. The van der Waals surface area contributed by atoms with Crippen LogP contribution in [0.25, 0.3) is 0 Å². The lowest BCUT2D eigenvalue weighted by molar-refractivity contribution is 0.313. The highest BCUT2D eigenvalue weighted by Crippen LogP contribution is 2.12. The second-order valence-electron chi connectivity index (χ2n) is 5.34. The Balaban J connectivity index is 1.73. The minimum absolute atomic E-state index is 0.655. The third kappa shape index (κ3) is 4.23. The molecule has 0 saturated carbocycles. The van der Waals surface area contributed by atoms with E-state index in [4.69, 9.17) is 4.74 Å². The summed E-state index contributed by atoms with van der Waals surface area (Å²) in [5.74, 6) is 1.88. The summed E-state index contributed by atoms with van der Waals surface area (Å²) in [5.41, 5.74) is 2.38. The standard InChI is InChI=1S/C16H24N4O/c1-13-6-5-7-15(10-13)21-9-8-17-11-14-12-18-16(19(2)3)20(14)4/h5-7,10,12,17H,8-9,11H2,1-4H3. The number of hydrogen-bond donors (Lipinski definition) is 1. The van der Waals surface area contributed by atoms with Crippen molar-refractivity contribution in [2.75, 3.05) is 32.1 Å². The molecule has 0 unspecified atom stereocenters. The van der Waals surface area contributed by atoms with Gasteiger partial charge in [-0.2, -0.15) is 0 Å². The number of aryl methyl sites for hydroxylation is 1. The molecule has 0 atom stereocenters. The highest BCUT2D eigenvalue weighted by atomic mass is 16.5. The Hall–Kier alpha value is -2.01. The number of hydrogen-bond acceptors (Lipinski definition) is 4. The maximum Gasteiger partial charge on any atom is 0.204 e. The molecule has 0 spiro atoms. The summed E-state index contributed by atoms with van der Waals surface area (Å²) < 4.78 is 7.80. The Morgan fingerprint density at radius 2 is 2.14 bits per heavy atom. The SMILES string of the molecule is Cc1cccc(OCCNCc2cnc(N(C)C)n2C)c1. The fraction of sp³-hybridized carbons (Fsp3) is 0.438. The van der Waals surface area contributed by atoms with Gasteiger partial charge in [0.05, 0.1) is 11.9 Å². The van der Waals surface area contributed by atoms with Crippen LogP contribution in [0, 0.1) is 6.92 Å². The summed E-state index contributed by atoms with van der Waals surface area (Å²) in [6, 6.07) is 8.11. The Morgan fingerprint density at radius 3 is 2.81 bits per heavy atom. The van der Waals surface area contributed by atoms with Gasteiger partial charge in [-0.1, -0.05) is 12.1 Å². The van der Waals surface area contributed by atoms with Crippen LogP contribution in [0.1, 0.15) is 11.3 Å². The summed E-state index contributed by atoms with van der Waals surface area (Å²) in [6.07, 6.45) is 1.91. The van der Waals surface area contributed by atoms with Crippen molar-refractivity contribution in [3.8, 4) is 5.75 Å². The number of aromatic nitrogens is 2. The third-order valence-corrected chi connectivity index (χ3v) is 3.30. The van der Waals surface area contributed by atoms with Crippen LogP contribution in [-0.4, -0.2) is 36.8 Å². The van der Waals surface area contributed by atoms with E-state index in [1.54, 1.807) is 0 Å². The van der Waals surface area contributed by atoms with Crippen molar-refractivity contribution in [2.45, 2.75) is 13.5 Å². The van der Waals surface area contributed by atoms with Gasteiger partial charge in [-0.15, -0.1) is 0 Å². The largest absolute Gasteiger partial charge is 0.492 e. The number of rotatable bonds is 7. The van der Waals surface area contributed by atoms with Crippen molar-refractivity contribution in [3.05, 3.63) is 41.7 Å². The summed E-state index contributed by atoms with van der Waals surface area (Å²) >= 11 is 0. The van der Waals surface area contributed by atoms with Crippen LogP contribution in [0.5, 0.6) is 5.75 Å². The average molecular weight is 288 g/mol. The number of nitrogens with one attached hydrogen (secondary N) is 1. The minimum atomic E-state index is 0.655. The number of imidazole rings is 1. The van der Waals surface area contributed by atoms with Crippen LogP contribution in [0.4, 0.5) is 5.95 Å². The van der Waals surface area contributed by atoms with Crippen LogP contribution >= 0.6 is 0 Å². The molecule has 0 fully saturated rings. The van der Waals surface area contributed by atoms with Crippen LogP contribution in [0.3, 0.4) is 0 Å². The molecule has 0 bridgehead atoms. The quantitative estimate of drug-likeness (QED) is 0.791. The first-order valence-electron chi connectivity index (χ1n) is 7.16. The van der Waals surface area contributed by atoms with E-state index in [1.165, 1.54) is 5.56 Å². The molecular formula is C16H24N4O. The van der Waals surface area contributed by atoms with Crippen molar-refractivity contribution in [2.24, 2.45) is 7.05 Å². The summed E-state index contributed by atoms with van der Waals surface area (Å²) in [5, 5.41) is 3.38. The predicted molar refractivity (Wildman–Crippen MR) is 85.9 cm³/mol. The molecule has 5 heteroatoms. The van der Waals surface area contributed by atoms with Crippen molar-refractivity contribution in [1.29, 1.82) is 0 Å². The van der Waals surface area contributed by atoms with Crippen LogP contribution < -0.4 is 15.0 Å². The van der Waals surface area contributed by atoms with E-state index in [2.05, 4.69) is 27.9 Å². The number of benzene rings is 1. The van der Waals surface area contributed by atoms with Crippen LogP contribution in [-0.2, 0) is 13.6 Å². The fourth-order valence-corrected chi connectivity index (χ4v) is 2.18. The summed E-state index contributed by atoms with van der Waals surface area (Å²) in [7, 11) is 6.02. The molecule has 1 heterocycles. The van der Waals surface area contributed by atoms with E-state index in [0.29, 0.717) is 6.61 Å². The van der Waals surface area contributed by atoms with Gasteiger partial charge in [-0.3, -0.25) is 0 Å². The van der Waals surface area contributed by atoms with E-state index in [0.717, 1.165) is 30.5 Å². The Morgan fingerprint density at radius 1 is 1.33 bits per heavy atom. The second kappa shape index (κ2) is 7.13. The molecule has 0 aliphatic carbocycles.